The molecule has 0 atom stereocenters. The van der Waals surface area contributed by atoms with E-state index in [2.05, 4.69) is 5.32 Å². The Morgan fingerprint density at radius 2 is 1.90 bits per heavy atom. The molecule has 2 aromatic rings. The van der Waals surface area contributed by atoms with Crippen LogP contribution in [0.5, 0.6) is 0 Å². The molecule has 3 N–H and O–H groups in total. The van der Waals surface area contributed by atoms with Crippen molar-refractivity contribution in [2.24, 2.45) is 5.73 Å². The molecule has 0 fully saturated rings. The van der Waals surface area contributed by atoms with Gasteiger partial charge in [0.05, 0.1) is 5.02 Å². The first-order valence-corrected chi connectivity index (χ1v) is 6.53. The van der Waals surface area contributed by atoms with Crippen molar-refractivity contribution in [1.29, 1.82) is 0 Å². The highest BCUT2D eigenvalue weighted by Crippen LogP contribution is 2.21. The predicted molar refractivity (Wildman–Crippen MR) is 81.0 cm³/mol. The molecule has 2 rings (SSSR count). The summed E-state index contributed by atoms with van der Waals surface area (Å²) in [5, 5.41) is 3.49. The highest BCUT2D eigenvalue weighted by atomic mass is 35.5. The van der Waals surface area contributed by atoms with Gasteiger partial charge in [-0.2, -0.15) is 0 Å². The third-order valence-corrected chi connectivity index (χ3v) is 3.25. The van der Waals surface area contributed by atoms with Gasteiger partial charge in [-0.25, -0.2) is 8.78 Å². The van der Waals surface area contributed by atoms with Crippen LogP contribution in [0.15, 0.2) is 36.4 Å². The molecule has 0 unspecified atom stereocenters. The molecule has 0 aliphatic heterocycles. The van der Waals surface area contributed by atoms with Crippen LogP contribution in [0.25, 0.3) is 0 Å². The average Bonchev–Trinajstić information content (AvgIpc) is 2.40. The number of nitrogens with one attached hydrogen (secondary N) is 1. The summed E-state index contributed by atoms with van der Waals surface area (Å²) in [6.07, 6.45) is 0. The second kappa shape index (κ2) is 6.15. The third-order valence-electron chi connectivity index (χ3n) is 2.72. The molecule has 104 valence electrons. The van der Waals surface area contributed by atoms with E-state index in [1.807, 2.05) is 0 Å². The van der Waals surface area contributed by atoms with Crippen LogP contribution in [0.1, 0.15) is 11.1 Å². The van der Waals surface area contributed by atoms with E-state index >= 15 is 0 Å². The summed E-state index contributed by atoms with van der Waals surface area (Å²) < 4.78 is 25.9. The maximum Gasteiger partial charge on any atom is 0.159 e. The van der Waals surface area contributed by atoms with Crippen molar-refractivity contribution in [2.45, 2.75) is 6.54 Å². The van der Waals surface area contributed by atoms with Crippen LogP contribution in [-0.4, -0.2) is 4.99 Å². The summed E-state index contributed by atoms with van der Waals surface area (Å²) in [6, 6.07) is 8.90. The van der Waals surface area contributed by atoms with Crippen molar-refractivity contribution in [2.75, 3.05) is 5.32 Å². The van der Waals surface area contributed by atoms with Crippen molar-refractivity contribution in [1.82, 2.24) is 0 Å². The van der Waals surface area contributed by atoms with Crippen molar-refractivity contribution in [3.8, 4) is 0 Å². The number of anilines is 1. The predicted octanol–water partition coefficient (Wildman–Crippen LogP) is 3.86. The second-order valence-corrected chi connectivity index (χ2v) is 5.01. The summed E-state index contributed by atoms with van der Waals surface area (Å²) in [4.78, 5) is 0.224. The third kappa shape index (κ3) is 3.43. The molecule has 0 aliphatic carbocycles. The second-order valence-electron chi connectivity index (χ2n) is 4.16. The van der Waals surface area contributed by atoms with Crippen LogP contribution in [0, 0.1) is 11.6 Å². The molecular formula is C14H11ClF2N2S. The van der Waals surface area contributed by atoms with E-state index in [4.69, 9.17) is 29.6 Å². The lowest BCUT2D eigenvalue weighted by atomic mass is 10.2. The van der Waals surface area contributed by atoms with Crippen LogP contribution >= 0.6 is 23.8 Å². The van der Waals surface area contributed by atoms with Gasteiger partial charge in [-0.3, -0.25) is 0 Å². The van der Waals surface area contributed by atoms with Crippen molar-refractivity contribution < 1.29 is 8.78 Å². The van der Waals surface area contributed by atoms with Crippen LogP contribution < -0.4 is 11.1 Å². The van der Waals surface area contributed by atoms with Gasteiger partial charge >= 0.3 is 0 Å². The fourth-order valence-electron chi connectivity index (χ4n) is 1.68. The molecule has 0 aromatic heterocycles. The molecule has 0 heterocycles. The summed E-state index contributed by atoms with van der Waals surface area (Å²) in [5.74, 6) is -1.73. The smallest absolute Gasteiger partial charge is 0.159 e. The van der Waals surface area contributed by atoms with Gasteiger partial charge in [0.25, 0.3) is 0 Å². The summed E-state index contributed by atoms with van der Waals surface area (Å²) in [7, 11) is 0. The molecular weight excluding hydrogens is 302 g/mol. The molecule has 2 nitrogen and oxygen atoms in total. The zero-order valence-electron chi connectivity index (χ0n) is 10.3. The van der Waals surface area contributed by atoms with Crippen molar-refractivity contribution in [3.63, 3.8) is 0 Å². The van der Waals surface area contributed by atoms with E-state index in [-0.39, 0.29) is 4.99 Å². The minimum Gasteiger partial charge on any atom is -0.389 e. The van der Waals surface area contributed by atoms with Gasteiger partial charge in [-0.1, -0.05) is 29.9 Å². The van der Waals surface area contributed by atoms with Gasteiger partial charge in [-0.05, 0) is 35.9 Å². The topological polar surface area (TPSA) is 38.0 Å². The zero-order chi connectivity index (χ0) is 14.7. The SMILES string of the molecule is NC(=S)c1ccc(NCc2ccc(F)c(F)c2)cc1Cl. The van der Waals surface area contributed by atoms with E-state index in [1.54, 1.807) is 18.2 Å². The molecule has 0 bridgehead atoms. The quantitative estimate of drug-likeness (QED) is 0.842. The molecule has 6 heteroatoms. The Morgan fingerprint density at radius 3 is 2.50 bits per heavy atom. The molecule has 2 aromatic carbocycles. The average molecular weight is 313 g/mol. The molecule has 20 heavy (non-hydrogen) atoms. The Bertz CT molecular complexity index is 662. The van der Waals surface area contributed by atoms with E-state index in [1.165, 1.54) is 6.07 Å². The molecule has 0 spiro atoms. The van der Waals surface area contributed by atoms with Gasteiger partial charge in [0.1, 0.15) is 4.99 Å². The lowest BCUT2D eigenvalue weighted by Gasteiger charge is -2.09. The number of benzene rings is 2. The summed E-state index contributed by atoms with van der Waals surface area (Å²) in [5.41, 5.74) is 7.47. The van der Waals surface area contributed by atoms with Crippen molar-refractivity contribution >= 4 is 34.5 Å². The monoisotopic (exact) mass is 312 g/mol. The number of rotatable bonds is 4. The first-order chi connectivity index (χ1) is 9.47. The Balaban J connectivity index is 2.09. The Labute approximate surface area is 125 Å². The van der Waals surface area contributed by atoms with Gasteiger partial charge in [0.2, 0.25) is 0 Å². The van der Waals surface area contributed by atoms with E-state index in [0.717, 1.165) is 17.8 Å². The number of hydrogen-bond acceptors (Lipinski definition) is 2. The van der Waals surface area contributed by atoms with Gasteiger partial charge < -0.3 is 11.1 Å². The normalized spacial score (nSPS) is 10.3. The van der Waals surface area contributed by atoms with Crippen LogP contribution in [-0.2, 0) is 6.54 Å². The highest BCUT2D eigenvalue weighted by molar-refractivity contribution is 7.80. The first-order valence-electron chi connectivity index (χ1n) is 5.74. The summed E-state index contributed by atoms with van der Waals surface area (Å²) in [6.45, 7) is 0.347. The standard InChI is InChI=1S/C14H11ClF2N2S/c15-11-6-9(2-3-10(11)14(18)20)19-7-8-1-4-12(16)13(17)5-8/h1-6,19H,7H2,(H2,18,20). The molecule has 0 radical (unpaired) electrons. The number of hydrogen-bond donors (Lipinski definition) is 2. The Hall–Kier alpha value is -1.72. The minimum absolute atomic E-state index is 0.224. The lowest BCUT2D eigenvalue weighted by molar-refractivity contribution is 0.507. The molecule has 0 aliphatic rings. The fourth-order valence-corrected chi connectivity index (χ4v) is 2.19. The molecule has 0 saturated carbocycles. The van der Waals surface area contributed by atoms with Crippen LogP contribution in [0.4, 0.5) is 14.5 Å². The molecule has 0 amide bonds. The van der Waals surface area contributed by atoms with E-state index < -0.39 is 11.6 Å². The van der Waals surface area contributed by atoms with E-state index in [0.29, 0.717) is 22.7 Å². The van der Waals surface area contributed by atoms with Crippen LogP contribution in [0.3, 0.4) is 0 Å². The highest BCUT2D eigenvalue weighted by Gasteiger charge is 2.05. The lowest BCUT2D eigenvalue weighted by Crippen LogP contribution is -2.10. The number of thiocarbonyl (C=S) groups is 1. The number of halogens is 3. The van der Waals surface area contributed by atoms with Gasteiger partial charge in [0, 0.05) is 17.8 Å². The Morgan fingerprint density at radius 1 is 1.15 bits per heavy atom. The summed E-state index contributed by atoms with van der Waals surface area (Å²) >= 11 is 10.9. The Kier molecular flexibility index (Phi) is 4.52. The van der Waals surface area contributed by atoms with E-state index in [9.17, 15) is 8.78 Å². The molecule has 0 saturated heterocycles. The van der Waals surface area contributed by atoms with Gasteiger partial charge in [-0.15, -0.1) is 0 Å². The minimum atomic E-state index is -0.869. The number of nitrogens with two attached hydrogens (primary N) is 1. The maximum atomic E-state index is 13.1. The largest absolute Gasteiger partial charge is 0.389 e. The fraction of sp³-hybridized carbons (Fsp3) is 0.0714. The zero-order valence-corrected chi connectivity index (χ0v) is 11.9. The first kappa shape index (κ1) is 14.7. The van der Waals surface area contributed by atoms with Crippen molar-refractivity contribution in [3.05, 3.63) is 64.2 Å². The maximum absolute atomic E-state index is 13.1. The van der Waals surface area contributed by atoms with Gasteiger partial charge in [0.15, 0.2) is 11.6 Å². The van der Waals surface area contributed by atoms with Crippen LogP contribution in [0.2, 0.25) is 5.02 Å².